The number of aryl methyl sites for hydroxylation is 2. The first kappa shape index (κ1) is 17.1. The lowest BCUT2D eigenvalue weighted by molar-refractivity contribution is 0.212. The van der Waals surface area contributed by atoms with E-state index in [1.54, 1.807) is 0 Å². The fraction of sp³-hybridized carbons (Fsp3) is 0.333. The van der Waals surface area contributed by atoms with Crippen molar-refractivity contribution >= 4 is 16.5 Å². The van der Waals surface area contributed by atoms with Crippen molar-refractivity contribution in [1.82, 2.24) is 4.90 Å². The number of nitrogens with one attached hydrogen (secondary N) is 1. The second-order valence-corrected chi connectivity index (χ2v) is 7.60. The number of rotatable bonds is 4. The maximum absolute atomic E-state index is 3.75. The zero-order chi connectivity index (χ0) is 17.9. The molecular weight excluding hydrogens is 316 g/mol. The van der Waals surface area contributed by atoms with E-state index < -0.39 is 0 Å². The van der Waals surface area contributed by atoms with Gasteiger partial charge in [-0.3, -0.25) is 4.90 Å². The molecule has 0 spiro atoms. The van der Waals surface area contributed by atoms with Gasteiger partial charge in [0.2, 0.25) is 0 Å². The number of para-hydroxylation sites is 1. The first-order valence-corrected chi connectivity index (χ1v) is 9.72. The van der Waals surface area contributed by atoms with Crippen LogP contribution in [0, 0.1) is 13.8 Å². The van der Waals surface area contributed by atoms with Crippen LogP contribution in [0.15, 0.2) is 60.7 Å². The molecule has 0 radical (unpaired) electrons. The van der Waals surface area contributed by atoms with E-state index in [9.17, 15) is 0 Å². The van der Waals surface area contributed by atoms with Crippen molar-refractivity contribution in [3.8, 4) is 0 Å². The Balaban J connectivity index is 1.41. The largest absolute Gasteiger partial charge is 0.382 e. The van der Waals surface area contributed by atoms with Gasteiger partial charge >= 0.3 is 0 Å². The second-order valence-electron chi connectivity index (χ2n) is 7.60. The van der Waals surface area contributed by atoms with Gasteiger partial charge in [0.25, 0.3) is 0 Å². The van der Waals surface area contributed by atoms with Gasteiger partial charge in [-0.15, -0.1) is 0 Å². The van der Waals surface area contributed by atoms with Crippen LogP contribution < -0.4 is 5.32 Å². The van der Waals surface area contributed by atoms with E-state index in [4.69, 9.17) is 0 Å². The Morgan fingerprint density at radius 2 is 1.54 bits per heavy atom. The van der Waals surface area contributed by atoms with E-state index >= 15 is 0 Å². The molecule has 1 heterocycles. The van der Waals surface area contributed by atoms with Crippen LogP contribution in [0.1, 0.15) is 29.5 Å². The summed E-state index contributed by atoms with van der Waals surface area (Å²) in [5.74, 6) is 0. The predicted molar refractivity (Wildman–Crippen MR) is 112 cm³/mol. The Kier molecular flexibility index (Phi) is 4.94. The molecule has 4 rings (SSSR count). The normalized spacial score (nSPS) is 16.1. The Morgan fingerprint density at radius 3 is 2.31 bits per heavy atom. The Hall–Kier alpha value is -2.32. The Labute approximate surface area is 156 Å². The lowest BCUT2D eigenvalue weighted by atomic mass is 9.98. The van der Waals surface area contributed by atoms with E-state index in [1.807, 2.05) is 0 Å². The highest BCUT2D eigenvalue weighted by atomic mass is 15.1. The second kappa shape index (κ2) is 7.51. The van der Waals surface area contributed by atoms with Crippen LogP contribution >= 0.6 is 0 Å². The molecule has 0 aromatic heterocycles. The van der Waals surface area contributed by atoms with Gasteiger partial charge in [0, 0.05) is 31.4 Å². The van der Waals surface area contributed by atoms with Crippen LogP contribution in [0.2, 0.25) is 0 Å². The van der Waals surface area contributed by atoms with Gasteiger partial charge in [-0.25, -0.2) is 0 Å². The topological polar surface area (TPSA) is 15.3 Å². The minimum atomic E-state index is 0.585. The molecule has 1 saturated heterocycles. The molecule has 0 atom stereocenters. The van der Waals surface area contributed by atoms with Crippen molar-refractivity contribution in [2.75, 3.05) is 18.4 Å². The molecule has 0 aliphatic carbocycles. The van der Waals surface area contributed by atoms with Crippen molar-refractivity contribution < 1.29 is 0 Å². The first-order valence-electron chi connectivity index (χ1n) is 9.72. The summed E-state index contributed by atoms with van der Waals surface area (Å²) in [6, 6.07) is 22.5. The molecule has 1 aliphatic heterocycles. The molecule has 1 fully saturated rings. The quantitative estimate of drug-likeness (QED) is 0.669. The lowest BCUT2D eigenvalue weighted by Gasteiger charge is -2.33. The molecule has 26 heavy (non-hydrogen) atoms. The third-order valence-electron chi connectivity index (χ3n) is 5.69. The third kappa shape index (κ3) is 3.61. The highest BCUT2D eigenvalue weighted by molar-refractivity contribution is 5.88. The summed E-state index contributed by atoms with van der Waals surface area (Å²) in [6.45, 7) is 7.78. The van der Waals surface area contributed by atoms with Crippen molar-refractivity contribution in [2.45, 2.75) is 39.3 Å². The number of hydrogen-bond acceptors (Lipinski definition) is 2. The van der Waals surface area contributed by atoms with Gasteiger partial charge in [0.1, 0.15) is 0 Å². The van der Waals surface area contributed by atoms with Crippen LogP contribution in [-0.4, -0.2) is 24.0 Å². The summed E-state index contributed by atoms with van der Waals surface area (Å²) in [6.07, 6.45) is 2.41. The Morgan fingerprint density at radius 1 is 0.846 bits per heavy atom. The van der Waals surface area contributed by atoms with Gasteiger partial charge in [0.15, 0.2) is 0 Å². The zero-order valence-corrected chi connectivity index (χ0v) is 15.8. The molecule has 2 nitrogen and oxygen atoms in total. The highest BCUT2D eigenvalue weighted by Gasteiger charge is 2.20. The number of benzene rings is 3. The van der Waals surface area contributed by atoms with E-state index in [0.29, 0.717) is 6.04 Å². The summed E-state index contributed by atoms with van der Waals surface area (Å²) in [5, 5.41) is 6.55. The number of anilines is 1. The molecular formula is C24H28N2. The van der Waals surface area contributed by atoms with Gasteiger partial charge in [0.05, 0.1) is 0 Å². The van der Waals surface area contributed by atoms with Crippen LogP contribution in [0.4, 0.5) is 5.69 Å². The minimum Gasteiger partial charge on any atom is -0.382 e. The van der Waals surface area contributed by atoms with E-state index in [1.165, 1.54) is 46.0 Å². The number of nitrogens with zero attached hydrogens (tertiary/aromatic N) is 1. The van der Waals surface area contributed by atoms with Crippen LogP contribution in [0.3, 0.4) is 0 Å². The van der Waals surface area contributed by atoms with Crippen molar-refractivity contribution in [1.29, 1.82) is 0 Å². The van der Waals surface area contributed by atoms with Crippen LogP contribution in [0.5, 0.6) is 0 Å². The summed E-state index contributed by atoms with van der Waals surface area (Å²) < 4.78 is 0. The molecule has 0 amide bonds. The first-order chi connectivity index (χ1) is 12.7. The summed E-state index contributed by atoms with van der Waals surface area (Å²) >= 11 is 0. The number of piperidine rings is 1. The molecule has 0 saturated carbocycles. The highest BCUT2D eigenvalue weighted by Crippen LogP contribution is 2.26. The predicted octanol–water partition coefficient (Wildman–Crippen LogP) is 5.53. The van der Waals surface area contributed by atoms with E-state index in [-0.39, 0.29) is 0 Å². The van der Waals surface area contributed by atoms with Crippen LogP contribution in [0.25, 0.3) is 10.8 Å². The monoisotopic (exact) mass is 344 g/mol. The molecule has 1 N–H and O–H groups in total. The lowest BCUT2D eigenvalue weighted by Crippen LogP contribution is -2.38. The zero-order valence-electron chi connectivity index (χ0n) is 15.8. The molecule has 3 aromatic carbocycles. The van der Waals surface area contributed by atoms with Gasteiger partial charge in [-0.2, -0.15) is 0 Å². The number of fused-ring (bicyclic) bond motifs is 1. The summed E-state index contributed by atoms with van der Waals surface area (Å²) in [5.41, 5.74) is 5.47. The van der Waals surface area contributed by atoms with Crippen molar-refractivity contribution in [3.63, 3.8) is 0 Å². The SMILES string of the molecule is Cc1ccccc1NC1CCN(Cc2cccc3cccc(C)c23)CC1. The molecule has 1 aliphatic rings. The fourth-order valence-electron chi connectivity index (χ4n) is 4.18. The molecule has 0 unspecified atom stereocenters. The van der Waals surface area contributed by atoms with Gasteiger partial charge in [-0.1, -0.05) is 54.6 Å². The summed E-state index contributed by atoms with van der Waals surface area (Å²) in [4.78, 5) is 2.61. The smallest absolute Gasteiger partial charge is 0.0372 e. The maximum Gasteiger partial charge on any atom is 0.0372 e. The third-order valence-corrected chi connectivity index (χ3v) is 5.69. The van der Waals surface area contributed by atoms with Crippen molar-refractivity contribution in [2.24, 2.45) is 0 Å². The van der Waals surface area contributed by atoms with Gasteiger partial charge in [-0.05, 0) is 60.2 Å². The van der Waals surface area contributed by atoms with Crippen molar-refractivity contribution in [3.05, 3.63) is 77.4 Å². The van der Waals surface area contributed by atoms with E-state index in [0.717, 1.165) is 19.6 Å². The van der Waals surface area contributed by atoms with E-state index in [2.05, 4.69) is 84.7 Å². The maximum atomic E-state index is 3.75. The standard InChI is InChI=1S/C24H28N2/c1-18-7-3-4-12-23(18)25-22-13-15-26(16-14-22)17-21-11-6-10-20-9-5-8-19(2)24(20)21/h3-12,22,25H,13-17H2,1-2H3. The molecule has 3 aromatic rings. The number of hydrogen-bond donors (Lipinski definition) is 1. The molecule has 134 valence electrons. The summed E-state index contributed by atoms with van der Waals surface area (Å²) in [7, 11) is 0. The Bertz CT molecular complexity index is 886. The average Bonchev–Trinajstić information content (AvgIpc) is 2.65. The fourth-order valence-corrected chi connectivity index (χ4v) is 4.18. The number of likely N-dealkylation sites (tertiary alicyclic amines) is 1. The van der Waals surface area contributed by atoms with Gasteiger partial charge < -0.3 is 5.32 Å². The molecule has 2 heteroatoms. The average molecular weight is 345 g/mol. The minimum absolute atomic E-state index is 0.585. The van der Waals surface area contributed by atoms with Crippen LogP contribution in [-0.2, 0) is 6.54 Å². The molecule has 0 bridgehead atoms.